The molecule has 0 aliphatic rings. The zero-order valence-electron chi connectivity index (χ0n) is 16.8. The van der Waals surface area contributed by atoms with Crippen molar-refractivity contribution in [3.8, 4) is 0 Å². The fourth-order valence-corrected chi connectivity index (χ4v) is 2.68. The highest BCUT2D eigenvalue weighted by Gasteiger charge is 2.06. The van der Waals surface area contributed by atoms with Crippen LogP contribution in [-0.4, -0.2) is 24.4 Å². The van der Waals surface area contributed by atoms with Crippen LogP contribution >= 0.6 is 0 Å². The van der Waals surface area contributed by atoms with Crippen molar-refractivity contribution in [3.63, 3.8) is 0 Å². The number of unbranched alkanes of at least 4 members (excludes halogenated alkanes) is 6. The smallest absolute Gasteiger partial charge is 0.0805 e. The molecule has 0 heterocycles. The van der Waals surface area contributed by atoms with Gasteiger partial charge in [0.15, 0.2) is 0 Å². The van der Waals surface area contributed by atoms with Gasteiger partial charge in [-0.25, -0.2) is 0 Å². The molecule has 2 nitrogen and oxygen atoms in total. The fourth-order valence-electron chi connectivity index (χ4n) is 2.68. The standard InChI is InChI=1S/C23H42O2/c1-3-5-6-7-8-9-10-11-12-13-14-15-16-17-18-19-20-23(22-24)25-21-4-2/h5-6,8-9,11-12,23-24H,3-4,7,10,13-22H2,1-2H3/b6-5-,9-8-,12-11-. The molecule has 1 atom stereocenters. The molecule has 2 heteroatoms. The molecular weight excluding hydrogens is 308 g/mol. The van der Waals surface area contributed by atoms with E-state index in [0.29, 0.717) is 0 Å². The molecule has 0 aromatic carbocycles. The Bertz CT molecular complexity index is 331. The van der Waals surface area contributed by atoms with Crippen LogP contribution in [0.4, 0.5) is 0 Å². The van der Waals surface area contributed by atoms with Crippen molar-refractivity contribution in [1.82, 2.24) is 0 Å². The van der Waals surface area contributed by atoms with Crippen LogP contribution in [0.3, 0.4) is 0 Å². The minimum absolute atomic E-state index is 0.0572. The number of hydrogen-bond acceptors (Lipinski definition) is 2. The molecule has 0 saturated heterocycles. The molecule has 0 aliphatic heterocycles. The maximum Gasteiger partial charge on any atom is 0.0805 e. The lowest BCUT2D eigenvalue weighted by Crippen LogP contribution is -2.18. The van der Waals surface area contributed by atoms with Crippen molar-refractivity contribution in [3.05, 3.63) is 36.5 Å². The molecule has 0 bridgehead atoms. The second-order valence-electron chi connectivity index (χ2n) is 6.67. The first-order chi connectivity index (χ1) is 12.3. The molecule has 0 fully saturated rings. The number of allylic oxidation sites excluding steroid dienone is 6. The van der Waals surface area contributed by atoms with Crippen LogP contribution in [0, 0.1) is 0 Å². The highest BCUT2D eigenvalue weighted by molar-refractivity contribution is 4.96. The predicted molar refractivity (Wildman–Crippen MR) is 111 cm³/mol. The van der Waals surface area contributed by atoms with Gasteiger partial charge in [0.25, 0.3) is 0 Å². The third-order valence-corrected chi connectivity index (χ3v) is 4.19. The Morgan fingerprint density at radius 2 is 1.36 bits per heavy atom. The quantitative estimate of drug-likeness (QED) is 0.219. The molecule has 0 aliphatic carbocycles. The number of hydrogen-bond donors (Lipinski definition) is 1. The summed E-state index contributed by atoms with van der Waals surface area (Å²) < 4.78 is 5.60. The van der Waals surface area contributed by atoms with E-state index >= 15 is 0 Å². The van der Waals surface area contributed by atoms with Gasteiger partial charge < -0.3 is 9.84 Å². The average Bonchev–Trinajstić information content (AvgIpc) is 2.63. The molecule has 0 saturated carbocycles. The number of ether oxygens (including phenoxy) is 1. The van der Waals surface area contributed by atoms with E-state index in [1.165, 1.54) is 44.9 Å². The zero-order valence-corrected chi connectivity index (χ0v) is 16.8. The third kappa shape index (κ3) is 19.3. The molecule has 0 aromatic rings. The van der Waals surface area contributed by atoms with Gasteiger partial charge in [0, 0.05) is 6.61 Å². The average molecular weight is 351 g/mol. The van der Waals surface area contributed by atoms with Gasteiger partial charge in [-0.3, -0.25) is 0 Å². The molecule has 146 valence electrons. The van der Waals surface area contributed by atoms with Crippen molar-refractivity contribution in [2.45, 2.75) is 97.0 Å². The highest BCUT2D eigenvalue weighted by atomic mass is 16.5. The largest absolute Gasteiger partial charge is 0.394 e. The lowest BCUT2D eigenvalue weighted by molar-refractivity contribution is 0.00707. The molecule has 0 amide bonds. The van der Waals surface area contributed by atoms with Crippen LogP contribution < -0.4 is 0 Å². The molecule has 0 aromatic heterocycles. The Kier molecular flexibility index (Phi) is 20.5. The van der Waals surface area contributed by atoms with Crippen LogP contribution in [0.15, 0.2) is 36.5 Å². The van der Waals surface area contributed by atoms with E-state index in [1.807, 2.05) is 0 Å². The minimum atomic E-state index is 0.0572. The van der Waals surface area contributed by atoms with Crippen molar-refractivity contribution >= 4 is 0 Å². The van der Waals surface area contributed by atoms with Crippen LogP contribution in [0.1, 0.15) is 90.9 Å². The summed E-state index contributed by atoms with van der Waals surface area (Å²) in [7, 11) is 0. The summed E-state index contributed by atoms with van der Waals surface area (Å²) in [5.41, 5.74) is 0. The number of aliphatic hydroxyl groups excluding tert-OH is 1. The first-order valence-corrected chi connectivity index (χ1v) is 10.5. The summed E-state index contributed by atoms with van der Waals surface area (Å²) in [6.07, 6.45) is 27.8. The first-order valence-electron chi connectivity index (χ1n) is 10.5. The maximum atomic E-state index is 9.24. The summed E-state index contributed by atoms with van der Waals surface area (Å²) in [4.78, 5) is 0. The minimum Gasteiger partial charge on any atom is -0.394 e. The Hall–Kier alpha value is -0.860. The second kappa shape index (κ2) is 21.2. The van der Waals surface area contributed by atoms with Gasteiger partial charge in [0.1, 0.15) is 0 Å². The van der Waals surface area contributed by atoms with E-state index in [0.717, 1.165) is 38.7 Å². The lowest BCUT2D eigenvalue weighted by Gasteiger charge is -2.14. The van der Waals surface area contributed by atoms with Gasteiger partial charge in [0.05, 0.1) is 12.7 Å². The first kappa shape index (κ1) is 24.1. The van der Waals surface area contributed by atoms with E-state index in [-0.39, 0.29) is 12.7 Å². The topological polar surface area (TPSA) is 29.5 Å². The second-order valence-corrected chi connectivity index (χ2v) is 6.67. The summed E-state index contributed by atoms with van der Waals surface area (Å²) in [6.45, 7) is 5.20. The van der Waals surface area contributed by atoms with Gasteiger partial charge in [-0.1, -0.05) is 82.4 Å². The van der Waals surface area contributed by atoms with Crippen LogP contribution in [0.5, 0.6) is 0 Å². The SMILES string of the molecule is CC/C=C\C/C=C\C/C=C\CCCCCCCCC(CO)OCCC. The Morgan fingerprint density at radius 1 is 0.760 bits per heavy atom. The summed E-state index contributed by atoms with van der Waals surface area (Å²) in [5, 5.41) is 9.24. The normalized spacial score (nSPS) is 13.6. The van der Waals surface area contributed by atoms with Gasteiger partial charge in [0.2, 0.25) is 0 Å². The molecule has 0 spiro atoms. The van der Waals surface area contributed by atoms with Gasteiger partial charge in [-0.05, 0) is 44.9 Å². The molecule has 0 rings (SSSR count). The fraction of sp³-hybridized carbons (Fsp3) is 0.739. The van der Waals surface area contributed by atoms with Crippen molar-refractivity contribution in [2.24, 2.45) is 0 Å². The Labute approximate surface area is 157 Å². The van der Waals surface area contributed by atoms with Crippen molar-refractivity contribution in [1.29, 1.82) is 0 Å². The van der Waals surface area contributed by atoms with Crippen molar-refractivity contribution < 1.29 is 9.84 Å². The highest BCUT2D eigenvalue weighted by Crippen LogP contribution is 2.11. The van der Waals surface area contributed by atoms with Crippen LogP contribution in [-0.2, 0) is 4.74 Å². The number of rotatable bonds is 18. The molecule has 0 radical (unpaired) electrons. The van der Waals surface area contributed by atoms with E-state index < -0.39 is 0 Å². The zero-order chi connectivity index (χ0) is 18.4. The summed E-state index contributed by atoms with van der Waals surface area (Å²) in [6, 6.07) is 0. The maximum absolute atomic E-state index is 9.24. The van der Waals surface area contributed by atoms with Crippen molar-refractivity contribution in [2.75, 3.05) is 13.2 Å². The molecule has 1 N–H and O–H groups in total. The summed E-state index contributed by atoms with van der Waals surface area (Å²) in [5.74, 6) is 0. The van der Waals surface area contributed by atoms with Gasteiger partial charge in [-0.2, -0.15) is 0 Å². The van der Waals surface area contributed by atoms with Crippen LogP contribution in [0.2, 0.25) is 0 Å². The van der Waals surface area contributed by atoms with Gasteiger partial charge in [-0.15, -0.1) is 0 Å². The molecule has 25 heavy (non-hydrogen) atoms. The lowest BCUT2D eigenvalue weighted by atomic mass is 10.1. The predicted octanol–water partition coefficient (Wildman–Crippen LogP) is 6.75. The number of aliphatic hydroxyl groups is 1. The third-order valence-electron chi connectivity index (χ3n) is 4.19. The van der Waals surface area contributed by atoms with E-state index in [4.69, 9.17) is 4.74 Å². The Balaban J connectivity index is 3.32. The van der Waals surface area contributed by atoms with Gasteiger partial charge >= 0.3 is 0 Å². The van der Waals surface area contributed by atoms with E-state index in [9.17, 15) is 5.11 Å². The monoisotopic (exact) mass is 350 g/mol. The summed E-state index contributed by atoms with van der Waals surface area (Å²) >= 11 is 0. The molecule has 1 unspecified atom stereocenters. The van der Waals surface area contributed by atoms with E-state index in [2.05, 4.69) is 50.3 Å². The van der Waals surface area contributed by atoms with E-state index in [1.54, 1.807) is 0 Å². The van der Waals surface area contributed by atoms with Crippen LogP contribution in [0.25, 0.3) is 0 Å². The Morgan fingerprint density at radius 3 is 2.00 bits per heavy atom. The molecular formula is C23H42O2.